The molecule has 98 valence electrons. The highest BCUT2D eigenvalue weighted by Gasteiger charge is 2.28. The van der Waals surface area contributed by atoms with Crippen molar-refractivity contribution in [3.05, 3.63) is 23.8 Å². The first kappa shape index (κ1) is 12.7. The number of benzene rings is 1. The summed E-state index contributed by atoms with van der Waals surface area (Å²) in [5, 5.41) is 27.8. The van der Waals surface area contributed by atoms with E-state index in [1.807, 2.05) is 4.90 Å². The zero-order valence-corrected chi connectivity index (χ0v) is 10.0. The molecule has 1 aromatic carbocycles. The molecule has 0 aliphatic carbocycles. The van der Waals surface area contributed by atoms with Gasteiger partial charge in [0.15, 0.2) is 11.5 Å². The number of nitrogens with zero attached hydrogens (tertiary/aromatic N) is 1. The van der Waals surface area contributed by atoms with Crippen LogP contribution in [0.25, 0.3) is 0 Å². The Morgan fingerprint density at radius 3 is 2.72 bits per heavy atom. The second-order valence-electron chi connectivity index (χ2n) is 4.64. The summed E-state index contributed by atoms with van der Waals surface area (Å²) >= 11 is 0. The maximum absolute atomic E-state index is 11.1. The third kappa shape index (κ3) is 2.73. The van der Waals surface area contributed by atoms with Crippen molar-refractivity contribution in [2.75, 3.05) is 6.54 Å². The Kier molecular flexibility index (Phi) is 3.72. The number of piperidine rings is 1. The molecule has 1 aliphatic rings. The van der Waals surface area contributed by atoms with Gasteiger partial charge in [-0.3, -0.25) is 9.69 Å². The van der Waals surface area contributed by atoms with E-state index >= 15 is 0 Å². The van der Waals surface area contributed by atoms with Crippen molar-refractivity contribution in [1.29, 1.82) is 0 Å². The summed E-state index contributed by atoms with van der Waals surface area (Å²) in [6, 6.07) is 4.14. The fourth-order valence-electron chi connectivity index (χ4n) is 2.36. The van der Waals surface area contributed by atoms with Crippen LogP contribution in [0.4, 0.5) is 0 Å². The first-order chi connectivity index (χ1) is 8.58. The molecule has 3 N–H and O–H groups in total. The summed E-state index contributed by atoms with van der Waals surface area (Å²) in [6.45, 7) is 1.23. The molecule has 5 nitrogen and oxygen atoms in total. The molecule has 1 aliphatic heterocycles. The van der Waals surface area contributed by atoms with Crippen LogP contribution in [0.3, 0.4) is 0 Å². The number of rotatable bonds is 3. The molecule has 2 rings (SSSR count). The van der Waals surface area contributed by atoms with E-state index in [9.17, 15) is 15.0 Å². The van der Waals surface area contributed by atoms with Crippen LogP contribution >= 0.6 is 0 Å². The van der Waals surface area contributed by atoms with Crippen LogP contribution < -0.4 is 0 Å². The molecule has 0 saturated carbocycles. The Balaban J connectivity index is 2.10. The van der Waals surface area contributed by atoms with Crippen LogP contribution in [-0.4, -0.2) is 38.8 Å². The molecule has 1 fully saturated rings. The Morgan fingerprint density at radius 2 is 2.06 bits per heavy atom. The van der Waals surface area contributed by atoms with Crippen molar-refractivity contribution in [3.8, 4) is 11.5 Å². The Labute approximate surface area is 105 Å². The minimum absolute atomic E-state index is 0.160. The van der Waals surface area contributed by atoms with Crippen LogP contribution in [0.15, 0.2) is 18.2 Å². The van der Waals surface area contributed by atoms with Crippen LogP contribution in [0.2, 0.25) is 0 Å². The van der Waals surface area contributed by atoms with Crippen molar-refractivity contribution in [1.82, 2.24) is 4.90 Å². The van der Waals surface area contributed by atoms with E-state index < -0.39 is 12.0 Å². The van der Waals surface area contributed by atoms with E-state index in [0.29, 0.717) is 13.0 Å². The lowest BCUT2D eigenvalue weighted by Crippen LogP contribution is -2.43. The molecule has 1 aromatic rings. The standard InChI is InChI=1S/C13H17NO4/c15-11-5-4-9(7-12(11)16)8-14-6-2-1-3-10(14)13(17)18/h4-5,7,10,15-16H,1-3,6,8H2,(H,17,18). The highest BCUT2D eigenvalue weighted by molar-refractivity contribution is 5.73. The number of carbonyl (C=O) groups is 1. The predicted octanol–water partition coefficient (Wildman–Crippen LogP) is 1.54. The zero-order valence-electron chi connectivity index (χ0n) is 10.0. The molecule has 1 heterocycles. The number of aromatic hydroxyl groups is 2. The number of aliphatic carboxylic acids is 1. The van der Waals surface area contributed by atoms with E-state index in [1.165, 1.54) is 12.1 Å². The number of phenolic OH excluding ortho intramolecular Hbond substituents is 2. The summed E-state index contributed by atoms with van der Waals surface area (Å²) in [5.74, 6) is -1.12. The second kappa shape index (κ2) is 5.27. The number of hydrogen-bond donors (Lipinski definition) is 3. The minimum atomic E-state index is -0.794. The van der Waals surface area contributed by atoms with Gasteiger partial charge in [-0.1, -0.05) is 12.5 Å². The highest BCUT2D eigenvalue weighted by atomic mass is 16.4. The molecule has 5 heteroatoms. The molecule has 0 spiro atoms. The second-order valence-corrected chi connectivity index (χ2v) is 4.64. The van der Waals surface area contributed by atoms with Gasteiger partial charge in [-0.25, -0.2) is 0 Å². The fraction of sp³-hybridized carbons (Fsp3) is 0.462. The van der Waals surface area contributed by atoms with Gasteiger partial charge in [0.2, 0.25) is 0 Å². The van der Waals surface area contributed by atoms with Gasteiger partial charge in [-0.05, 0) is 37.1 Å². The molecule has 1 atom stereocenters. The van der Waals surface area contributed by atoms with Gasteiger partial charge >= 0.3 is 5.97 Å². The molecule has 0 aromatic heterocycles. The van der Waals surface area contributed by atoms with Crippen molar-refractivity contribution in [3.63, 3.8) is 0 Å². The number of phenols is 2. The summed E-state index contributed by atoms with van der Waals surface area (Å²) < 4.78 is 0. The maximum atomic E-state index is 11.1. The lowest BCUT2D eigenvalue weighted by atomic mass is 10.0. The monoisotopic (exact) mass is 251 g/mol. The SMILES string of the molecule is O=C(O)C1CCCCN1Cc1ccc(O)c(O)c1. The number of carboxylic acid groups (broad SMARTS) is 1. The molecular formula is C13H17NO4. The summed E-state index contributed by atoms with van der Waals surface area (Å²) in [7, 11) is 0. The van der Waals surface area contributed by atoms with Crippen molar-refractivity contribution >= 4 is 5.97 Å². The third-order valence-electron chi connectivity index (χ3n) is 3.32. The number of hydrogen-bond acceptors (Lipinski definition) is 4. The van der Waals surface area contributed by atoms with Gasteiger partial charge in [-0.2, -0.15) is 0 Å². The summed E-state index contributed by atoms with van der Waals surface area (Å²) in [6.07, 6.45) is 2.60. The summed E-state index contributed by atoms with van der Waals surface area (Å²) in [5.41, 5.74) is 0.804. The van der Waals surface area contributed by atoms with Gasteiger partial charge < -0.3 is 15.3 Å². The number of carboxylic acids is 1. The molecule has 18 heavy (non-hydrogen) atoms. The van der Waals surface area contributed by atoms with E-state index in [1.54, 1.807) is 6.07 Å². The Hall–Kier alpha value is -1.75. The zero-order chi connectivity index (χ0) is 13.1. The quantitative estimate of drug-likeness (QED) is 0.710. The molecule has 1 unspecified atom stereocenters. The van der Waals surface area contributed by atoms with Gasteiger partial charge in [0, 0.05) is 6.54 Å². The van der Waals surface area contributed by atoms with Crippen LogP contribution in [0.1, 0.15) is 24.8 Å². The topological polar surface area (TPSA) is 81.0 Å². The first-order valence-corrected chi connectivity index (χ1v) is 6.05. The average molecular weight is 251 g/mol. The van der Waals surface area contributed by atoms with Crippen LogP contribution in [0.5, 0.6) is 11.5 Å². The maximum Gasteiger partial charge on any atom is 0.320 e. The van der Waals surface area contributed by atoms with Gasteiger partial charge in [0.05, 0.1) is 0 Å². The Bertz CT molecular complexity index is 447. The minimum Gasteiger partial charge on any atom is -0.504 e. The van der Waals surface area contributed by atoms with Gasteiger partial charge in [0.25, 0.3) is 0 Å². The van der Waals surface area contributed by atoms with Gasteiger partial charge in [0.1, 0.15) is 6.04 Å². The van der Waals surface area contributed by atoms with Crippen LogP contribution in [0, 0.1) is 0 Å². The van der Waals surface area contributed by atoms with E-state index in [-0.39, 0.29) is 11.5 Å². The largest absolute Gasteiger partial charge is 0.504 e. The van der Waals surface area contributed by atoms with E-state index in [0.717, 1.165) is 24.9 Å². The van der Waals surface area contributed by atoms with Crippen molar-refractivity contribution in [2.24, 2.45) is 0 Å². The van der Waals surface area contributed by atoms with E-state index in [2.05, 4.69) is 0 Å². The highest BCUT2D eigenvalue weighted by Crippen LogP contribution is 2.27. The molecule has 0 radical (unpaired) electrons. The number of likely N-dealkylation sites (tertiary alicyclic amines) is 1. The normalized spacial score (nSPS) is 20.8. The average Bonchev–Trinajstić information content (AvgIpc) is 2.34. The lowest BCUT2D eigenvalue weighted by Gasteiger charge is -2.32. The van der Waals surface area contributed by atoms with Crippen LogP contribution in [-0.2, 0) is 11.3 Å². The third-order valence-corrected chi connectivity index (χ3v) is 3.32. The molecular weight excluding hydrogens is 234 g/mol. The fourth-order valence-corrected chi connectivity index (χ4v) is 2.36. The molecule has 1 saturated heterocycles. The van der Waals surface area contributed by atoms with Gasteiger partial charge in [-0.15, -0.1) is 0 Å². The van der Waals surface area contributed by atoms with Crippen molar-refractivity contribution < 1.29 is 20.1 Å². The van der Waals surface area contributed by atoms with E-state index in [4.69, 9.17) is 5.11 Å². The smallest absolute Gasteiger partial charge is 0.320 e. The molecule has 0 amide bonds. The lowest BCUT2D eigenvalue weighted by molar-refractivity contribution is -0.144. The predicted molar refractivity (Wildman–Crippen MR) is 65.5 cm³/mol. The Morgan fingerprint density at radius 1 is 1.28 bits per heavy atom. The van der Waals surface area contributed by atoms with Crippen molar-refractivity contribution in [2.45, 2.75) is 31.8 Å². The first-order valence-electron chi connectivity index (χ1n) is 6.05. The summed E-state index contributed by atoms with van der Waals surface area (Å²) in [4.78, 5) is 13.0. The molecule has 0 bridgehead atoms.